The van der Waals surface area contributed by atoms with Crippen molar-refractivity contribution in [3.8, 4) is 11.1 Å². The fourth-order valence-corrected chi connectivity index (χ4v) is 3.82. The summed E-state index contributed by atoms with van der Waals surface area (Å²) in [6.07, 6.45) is 0.675. The van der Waals surface area contributed by atoms with Crippen LogP contribution in [0.25, 0.3) is 21.9 Å². The lowest BCUT2D eigenvalue weighted by Gasteiger charge is -2.31. The summed E-state index contributed by atoms with van der Waals surface area (Å²) in [6, 6.07) is 20.9. The van der Waals surface area contributed by atoms with Crippen LogP contribution in [0.2, 0.25) is 0 Å². The highest BCUT2D eigenvalue weighted by Crippen LogP contribution is 2.52. The van der Waals surface area contributed by atoms with E-state index in [2.05, 4.69) is 49.9 Å². The topological polar surface area (TPSA) is 26.3 Å². The molecule has 1 aliphatic rings. The summed E-state index contributed by atoms with van der Waals surface area (Å²) in [4.78, 5) is 12.4. The fraction of sp³-hybridized carbons (Fsp3) is 0.174. The number of hydrogen-bond donors (Lipinski definition) is 0. The van der Waals surface area contributed by atoms with Crippen molar-refractivity contribution in [1.82, 2.24) is 0 Å². The van der Waals surface area contributed by atoms with Crippen molar-refractivity contribution in [3.63, 3.8) is 0 Å². The summed E-state index contributed by atoms with van der Waals surface area (Å²) < 4.78 is 6.07. The van der Waals surface area contributed by atoms with Gasteiger partial charge in [-0.25, -0.2) is 4.79 Å². The van der Waals surface area contributed by atoms with E-state index in [4.69, 9.17) is 4.74 Å². The largest absolute Gasteiger partial charge is 0.446 e. The van der Waals surface area contributed by atoms with Crippen molar-refractivity contribution in [1.29, 1.82) is 0 Å². The molecule has 0 saturated carbocycles. The lowest BCUT2D eigenvalue weighted by atomic mass is 9.87. The highest BCUT2D eigenvalue weighted by Gasteiger charge is 2.45. The summed E-state index contributed by atoms with van der Waals surface area (Å²) >= 11 is 0. The Morgan fingerprint density at radius 1 is 0.960 bits per heavy atom. The molecule has 1 unspecified atom stereocenters. The predicted octanol–water partition coefficient (Wildman–Crippen LogP) is 5.59. The molecular weight excluding hydrogens is 308 g/mol. The van der Waals surface area contributed by atoms with E-state index in [-0.39, 0.29) is 5.97 Å². The van der Waals surface area contributed by atoms with Crippen molar-refractivity contribution in [2.24, 2.45) is 0 Å². The van der Waals surface area contributed by atoms with Crippen molar-refractivity contribution < 1.29 is 9.53 Å². The molecule has 0 fully saturated rings. The van der Waals surface area contributed by atoms with Crippen molar-refractivity contribution in [2.75, 3.05) is 0 Å². The maximum atomic E-state index is 12.4. The van der Waals surface area contributed by atoms with Gasteiger partial charge in [-0.1, -0.05) is 62.0 Å². The van der Waals surface area contributed by atoms with Crippen molar-refractivity contribution in [3.05, 3.63) is 83.9 Å². The third-order valence-electron chi connectivity index (χ3n) is 5.09. The third-order valence-corrected chi connectivity index (χ3v) is 5.09. The Bertz CT molecular complexity index is 1020. The third kappa shape index (κ3) is 2.21. The van der Waals surface area contributed by atoms with Crippen LogP contribution in [0.3, 0.4) is 0 Å². The molecule has 1 atom stereocenters. The molecule has 2 heteroatoms. The summed E-state index contributed by atoms with van der Waals surface area (Å²) in [5.41, 5.74) is 4.05. The molecule has 0 N–H and O–H groups in total. The molecule has 0 aromatic heterocycles. The lowest BCUT2D eigenvalue weighted by molar-refractivity contribution is -0.151. The molecule has 124 valence electrons. The molecule has 0 bridgehead atoms. The molecule has 0 amide bonds. The highest BCUT2D eigenvalue weighted by molar-refractivity contribution is 5.94. The Labute approximate surface area is 147 Å². The van der Waals surface area contributed by atoms with Gasteiger partial charge in [0.2, 0.25) is 0 Å². The van der Waals surface area contributed by atoms with E-state index < -0.39 is 5.60 Å². The number of carbonyl (C=O) groups excluding carboxylic acids is 1. The SMILES string of the molecule is C=C(C)C(=O)OC1(CC)c2ccccc2-c2cc3ccccc3cc21. The van der Waals surface area contributed by atoms with E-state index in [1.807, 2.05) is 24.3 Å². The quantitative estimate of drug-likeness (QED) is 0.462. The first-order chi connectivity index (χ1) is 12.1. The maximum absolute atomic E-state index is 12.4. The number of esters is 1. The average Bonchev–Trinajstić information content (AvgIpc) is 2.90. The monoisotopic (exact) mass is 328 g/mol. The molecular formula is C23H20O2. The van der Waals surface area contributed by atoms with Gasteiger partial charge < -0.3 is 4.74 Å². The molecule has 3 aromatic carbocycles. The van der Waals surface area contributed by atoms with Gasteiger partial charge >= 0.3 is 5.97 Å². The minimum atomic E-state index is -0.758. The van der Waals surface area contributed by atoms with Crippen LogP contribution in [-0.2, 0) is 15.1 Å². The van der Waals surface area contributed by atoms with Crippen LogP contribution in [0.1, 0.15) is 31.4 Å². The molecule has 4 rings (SSSR count). The van der Waals surface area contributed by atoms with E-state index in [1.54, 1.807) is 6.92 Å². The first-order valence-electron chi connectivity index (χ1n) is 8.59. The number of benzene rings is 3. The van der Waals surface area contributed by atoms with Crippen LogP contribution >= 0.6 is 0 Å². The molecule has 3 aromatic rings. The van der Waals surface area contributed by atoms with Crippen LogP contribution in [0.5, 0.6) is 0 Å². The minimum Gasteiger partial charge on any atom is -0.446 e. The molecule has 0 radical (unpaired) electrons. The highest BCUT2D eigenvalue weighted by atomic mass is 16.6. The zero-order chi connectivity index (χ0) is 17.6. The summed E-state index contributed by atoms with van der Waals surface area (Å²) in [5.74, 6) is -0.349. The van der Waals surface area contributed by atoms with Crippen LogP contribution in [0, 0.1) is 0 Å². The standard InChI is InChI=1S/C23H20O2/c1-4-23(25-22(24)15(2)3)20-12-8-7-11-18(20)19-13-16-9-5-6-10-17(16)14-21(19)23/h5-14H,2,4H2,1,3H3. The fourth-order valence-electron chi connectivity index (χ4n) is 3.82. The molecule has 0 aliphatic heterocycles. The van der Waals surface area contributed by atoms with Gasteiger partial charge in [0, 0.05) is 16.7 Å². The number of rotatable bonds is 3. The van der Waals surface area contributed by atoms with Gasteiger partial charge in [0.25, 0.3) is 0 Å². The summed E-state index contributed by atoms with van der Waals surface area (Å²) in [7, 11) is 0. The number of fused-ring (bicyclic) bond motifs is 4. The van der Waals surface area contributed by atoms with E-state index in [1.165, 1.54) is 5.39 Å². The Kier molecular flexibility index (Phi) is 3.50. The zero-order valence-electron chi connectivity index (χ0n) is 14.5. The Morgan fingerprint density at radius 2 is 1.60 bits per heavy atom. The van der Waals surface area contributed by atoms with Gasteiger partial charge in [-0.05, 0) is 47.4 Å². The number of hydrogen-bond acceptors (Lipinski definition) is 2. The molecule has 2 nitrogen and oxygen atoms in total. The van der Waals surface area contributed by atoms with E-state index in [9.17, 15) is 4.79 Å². The number of carbonyl (C=O) groups is 1. The second-order valence-corrected chi connectivity index (χ2v) is 6.64. The molecule has 1 aliphatic carbocycles. The predicted molar refractivity (Wildman–Crippen MR) is 101 cm³/mol. The second kappa shape index (κ2) is 5.59. The van der Waals surface area contributed by atoms with E-state index in [0.717, 1.165) is 27.6 Å². The molecule has 25 heavy (non-hydrogen) atoms. The van der Waals surface area contributed by atoms with Gasteiger partial charge in [0.05, 0.1) is 0 Å². The smallest absolute Gasteiger partial charge is 0.334 e. The number of ether oxygens (including phenoxy) is 1. The second-order valence-electron chi connectivity index (χ2n) is 6.64. The molecule has 0 saturated heterocycles. The molecule has 0 spiro atoms. The summed E-state index contributed by atoms with van der Waals surface area (Å²) in [6.45, 7) is 7.50. The Balaban J connectivity index is 2.04. The maximum Gasteiger partial charge on any atom is 0.334 e. The Hall–Kier alpha value is -2.87. The zero-order valence-corrected chi connectivity index (χ0v) is 14.5. The van der Waals surface area contributed by atoms with Crippen LogP contribution in [0.15, 0.2) is 72.8 Å². The van der Waals surface area contributed by atoms with Gasteiger partial charge in [-0.15, -0.1) is 0 Å². The van der Waals surface area contributed by atoms with Crippen molar-refractivity contribution >= 4 is 16.7 Å². The van der Waals surface area contributed by atoms with Crippen molar-refractivity contribution in [2.45, 2.75) is 25.9 Å². The minimum absolute atomic E-state index is 0.349. The Morgan fingerprint density at radius 3 is 2.28 bits per heavy atom. The van der Waals surface area contributed by atoms with Gasteiger partial charge in [0.1, 0.15) is 0 Å². The molecule has 0 heterocycles. The van der Waals surface area contributed by atoms with Crippen LogP contribution in [0.4, 0.5) is 0 Å². The van der Waals surface area contributed by atoms with E-state index >= 15 is 0 Å². The first kappa shape index (κ1) is 15.6. The lowest BCUT2D eigenvalue weighted by Crippen LogP contribution is -2.31. The average molecular weight is 328 g/mol. The van der Waals surface area contributed by atoms with Crippen LogP contribution in [-0.4, -0.2) is 5.97 Å². The van der Waals surface area contributed by atoms with Gasteiger partial charge in [0.15, 0.2) is 5.60 Å². The van der Waals surface area contributed by atoms with E-state index in [0.29, 0.717) is 12.0 Å². The first-order valence-corrected chi connectivity index (χ1v) is 8.59. The van der Waals surface area contributed by atoms with Crippen LogP contribution < -0.4 is 0 Å². The van der Waals surface area contributed by atoms with Gasteiger partial charge in [-0.2, -0.15) is 0 Å². The van der Waals surface area contributed by atoms with Gasteiger partial charge in [-0.3, -0.25) is 0 Å². The summed E-state index contributed by atoms with van der Waals surface area (Å²) in [5, 5.41) is 2.34. The normalized spacial score (nSPS) is 17.8.